The number of ether oxygens (including phenoxy) is 1. The lowest BCUT2D eigenvalue weighted by Crippen LogP contribution is -1.96. The zero-order valence-electron chi connectivity index (χ0n) is 8.51. The predicted molar refractivity (Wildman–Crippen MR) is 63.0 cm³/mol. The molecule has 0 spiro atoms. The minimum absolute atomic E-state index is 0.506. The van der Waals surface area contributed by atoms with E-state index in [1.165, 1.54) is 0 Å². The fraction of sp³-hybridized carbons (Fsp3) is 0.273. The quantitative estimate of drug-likeness (QED) is 0.593. The van der Waals surface area contributed by atoms with E-state index in [0.29, 0.717) is 35.0 Å². The summed E-state index contributed by atoms with van der Waals surface area (Å²) >= 11 is 5.97. The van der Waals surface area contributed by atoms with Crippen LogP contribution in [0.5, 0.6) is 5.75 Å². The number of hydrogen-bond donors (Lipinski definition) is 2. The average molecular weight is 225 g/mol. The first kappa shape index (κ1) is 11.7. The number of nitrogen functional groups attached to an aromatic ring is 1. The first-order valence-corrected chi connectivity index (χ1v) is 4.88. The summed E-state index contributed by atoms with van der Waals surface area (Å²) in [5, 5.41) is 0.526. The van der Waals surface area contributed by atoms with Gasteiger partial charge < -0.3 is 16.2 Å². The van der Waals surface area contributed by atoms with Gasteiger partial charge in [-0.05, 0) is 12.1 Å². The number of hydrogen-bond acceptors (Lipinski definition) is 3. The van der Waals surface area contributed by atoms with Crippen molar-refractivity contribution in [3.8, 4) is 17.6 Å². The highest BCUT2D eigenvalue weighted by Crippen LogP contribution is 2.28. The topological polar surface area (TPSA) is 61.3 Å². The molecule has 1 aromatic rings. The van der Waals surface area contributed by atoms with E-state index in [1.54, 1.807) is 19.2 Å². The van der Waals surface area contributed by atoms with Crippen LogP contribution in [0.15, 0.2) is 12.1 Å². The van der Waals surface area contributed by atoms with Gasteiger partial charge in [-0.2, -0.15) is 0 Å². The summed E-state index contributed by atoms with van der Waals surface area (Å²) in [5.41, 5.74) is 12.2. The van der Waals surface area contributed by atoms with Crippen LogP contribution in [0.3, 0.4) is 0 Å². The average Bonchev–Trinajstić information content (AvgIpc) is 2.21. The molecule has 0 atom stereocenters. The van der Waals surface area contributed by atoms with Crippen molar-refractivity contribution >= 4 is 17.3 Å². The van der Waals surface area contributed by atoms with Crippen molar-refractivity contribution in [2.45, 2.75) is 6.42 Å². The molecule has 15 heavy (non-hydrogen) atoms. The predicted octanol–water partition coefficient (Wildman–Crippen LogP) is 1.63. The van der Waals surface area contributed by atoms with E-state index in [2.05, 4.69) is 11.8 Å². The Balaban J connectivity index is 3.04. The molecule has 0 heterocycles. The van der Waals surface area contributed by atoms with E-state index in [1.807, 2.05) is 0 Å². The summed E-state index contributed by atoms with van der Waals surface area (Å²) in [6.45, 7) is 0.538. The molecule has 0 fully saturated rings. The van der Waals surface area contributed by atoms with Crippen LogP contribution in [0.4, 0.5) is 5.69 Å². The molecule has 1 rings (SSSR count). The van der Waals surface area contributed by atoms with Crippen LogP contribution < -0.4 is 16.2 Å². The van der Waals surface area contributed by atoms with Crippen LogP contribution in [0.25, 0.3) is 0 Å². The van der Waals surface area contributed by atoms with E-state index in [-0.39, 0.29) is 0 Å². The zero-order valence-corrected chi connectivity index (χ0v) is 9.27. The van der Waals surface area contributed by atoms with Crippen molar-refractivity contribution in [1.82, 2.24) is 0 Å². The van der Waals surface area contributed by atoms with E-state index in [9.17, 15) is 0 Å². The molecule has 80 valence electrons. The number of anilines is 1. The van der Waals surface area contributed by atoms with Gasteiger partial charge in [0, 0.05) is 18.5 Å². The molecule has 0 aliphatic carbocycles. The lowest BCUT2D eigenvalue weighted by atomic mass is 10.2. The first-order valence-electron chi connectivity index (χ1n) is 4.51. The molecule has 0 bridgehead atoms. The van der Waals surface area contributed by atoms with Gasteiger partial charge in [0.25, 0.3) is 0 Å². The second-order valence-corrected chi connectivity index (χ2v) is 3.32. The van der Waals surface area contributed by atoms with E-state index in [0.717, 1.165) is 0 Å². The van der Waals surface area contributed by atoms with Crippen molar-refractivity contribution in [3.63, 3.8) is 0 Å². The number of rotatable bonds is 2. The van der Waals surface area contributed by atoms with Crippen LogP contribution in [0, 0.1) is 11.8 Å². The molecule has 4 N–H and O–H groups in total. The summed E-state index contributed by atoms with van der Waals surface area (Å²) in [6.07, 6.45) is 0.642. The third-order valence-corrected chi connectivity index (χ3v) is 2.12. The Morgan fingerprint density at radius 3 is 2.80 bits per heavy atom. The highest BCUT2D eigenvalue weighted by atomic mass is 35.5. The van der Waals surface area contributed by atoms with Gasteiger partial charge >= 0.3 is 0 Å². The van der Waals surface area contributed by atoms with Gasteiger partial charge in [-0.1, -0.05) is 23.4 Å². The highest BCUT2D eigenvalue weighted by Gasteiger charge is 2.04. The summed E-state index contributed by atoms with van der Waals surface area (Å²) < 4.78 is 5.07. The van der Waals surface area contributed by atoms with Crippen LogP contribution >= 0.6 is 11.6 Å². The third kappa shape index (κ3) is 3.05. The molecule has 0 saturated heterocycles. The lowest BCUT2D eigenvalue weighted by Gasteiger charge is -2.05. The van der Waals surface area contributed by atoms with Crippen molar-refractivity contribution < 1.29 is 4.74 Å². The largest absolute Gasteiger partial charge is 0.495 e. The van der Waals surface area contributed by atoms with E-state index >= 15 is 0 Å². The Morgan fingerprint density at radius 1 is 1.47 bits per heavy atom. The van der Waals surface area contributed by atoms with Gasteiger partial charge in [0.2, 0.25) is 0 Å². The fourth-order valence-corrected chi connectivity index (χ4v) is 1.29. The summed E-state index contributed by atoms with van der Waals surface area (Å²) in [4.78, 5) is 0. The standard InChI is InChI=1S/C11H13ClN2O/c1-15-11-6-8(4-2-3-5-13)9(12)7-10(11)14/h6-7H,3,5,13-14H2,1H3. The minimum atomic E-state index is 0.506. The Morgan fingerprint density at radius 2 is 2.20 bits per heavy atom. The molecule has 0 aliphatic rings. The monoisotopic (exact) mass is 224 g/mol. The van der Waals surface area contributed by atoms with Gasteiger partial charge in [0.05, 0.1) is 17.8 Å². The van der Waals surface area contributed by atoms with Gasteiger partial charge in [-0.15, -0.1) is 0 Å². The number of methoxy groups -OCH3 is 1. The number of benzene rings is 1. The Bertz CT molecular complexity index is 407. The molecule has 0 aliphatic heterocycles. The second kappa shape index (κ2) is 5.50. The minimum Gasteiger partial charge on any atom is -0.495 e. The molecule has 3 nitrogen and oxygen atoms in total. The molecule has 0 aromatic heterocycles. The molecule has 0 radical (unpaired) electrons. The zero-order chi connectivity index (χ0) is 11.3. The molecule has 1 aromatic carbocycles. The van der Waals surface area contributed by atoms with Crippen molar-refractivity contribution in [1.29, 1.82) is 0 Å². The first-order chi connectivity index (χ1) is 7.19. The van der Waals surface area contributed by atoms with Gasteiger partial charge in [0.15, 0.2) is 0 Å². The number of halogens is 1. The third-order valence-electron chi connectivity index (χ3n) is 1.81. The maximum atomic E-state index is 5.97. The molecule has 0 unspecified atom stereocenters. The summed E-state index contributed by atoms with van der Waals surface area (Å²) in [5.74, 6) is 6.41. The number of nitrogens with two attached hydrogens (primary N) is 2. The van der Waals surface area contributed by atoms with Crippen molar-refractivity contribution in [3.05, 3.63) is 22.7 Å². The maximum absolute atomic E-state index is 5.97. The molecule has 4 heteroatoms. The molecular formula is C11H13ClN2O. The highest BCUT2D eigenvalue weighted by molar-refractivity contribution is 6.32. The second-order valence-electron chi connectivity index (χ2n) is 2.91. The van der Waals surface area contributed by atoms with Crippen LogP contribution in [-0.2, 0) is 0 Å². The van der Waals surface area contributed by atoms with Crippen LogP contribution in [0.2, 0.25) is 5.02 Å². The Hall–Kier alpha value is -1.37. The van der Waals surface area contributed by atoms with Gasteiger partial charge in [-0.25, -0.2) is 0 Å². The maximum Gasteiger partial charge on any atom is 0.143 e. The smallest absolute Gasteiger partial charge is 0.143 e. The van der Waals surface area contributed by atoms with Crippen LogP contribution in [0.1, 0.15) is 12.0 Å². The van der Waals surface area contributed by atoms with Gasteiger partial charge in [0.1, 0.15) is 5.75 Å². The van der Waals surface area contributed by atoms with Crippen LogP contribution in [-0.4, -0.2) is 13.7 Å². The van der Waals surface area contributed by atoms with Gasteiger partial charge in [-0.3, -0.25) is 0 Å². The fourth-order valence-electron chi connectivity index (χ4n) is 1.07. The normalized spacial score (nSPS) is 9.27. The van der Waals surface area contributed by atoms with Crippen molar-refractivity contribution in [2.24, 2.45) is 5.73 Å². The van der Waals surface area contributed by atoms with Crippen molar-refractivity contribution in [2.75, 3.05) is 19.4 Å². The van der Waals surface area contributed by atoms with E-state index < -0.39 is 0 Å². The SMILES string of the molecule is COc1cc(C#CCCN)c(Cl)cc1N. The summed E-state index contributed by atoms with van der Waals surface area (Å²) in [6, 6.07) is 3.36. The summed E-state index contributed by atoms with van der Waals surface area (Å²) in [7, 11) is 1.55. The molecule has 0 amide bonds. The molecule has 0 saturated carbocycles. The lowest BCUT2D eigenvalue weighted by molar-refractivity contribution is 0.417. The Kier molecular flexibility index (Phi) is 4.29. The van der Waals surface area contributed by atoms with E-state index in [4.69, 9.17) is 27.8 Å². The Labute approximate surface area is 94.4 Å². The molecular weight excluding hydrogens is 212 g/mol.